The number of nitrogens with zero attached hydrogens (tertiary/aromatic N) is 4. The van der Waals surface area contributed by atoms with E-state index in [-0.39, 0.29) is 24.0 Å². The van der Waals surface area contributed by atoms with Crippen LogP contribution in [0.15, 0.2) is 34.0 Å². The number of hydrogen-bond donors (Lipinski definition) is 1. The van der Waals surface area contributed by atoms with Crippen LogP contribution in [0, 0.1) is 5.92 Å². The predicted octanol–water partition coefficient (Wildman–Crippen LogP) is 3.15. The van der Waals surface area contributed by atoms with Crippen molar-refractivity contribution in [3.8, 4) is 0 Å². The van der Waals surface area contributed by atoms with Gasteiger partial charge in [0.05, 0.1) is 18.8 Å². The van der Waals surface area contributed by atoms with Gasteiger partial charge in [-0.3, -0.25) is 0 Å². The normalized spacial score (nSPS) is 17.6. The zero-order valence-electron chi connectivity index (χ0n) is 14.6. The van der Waals surface area contributed by atoms with E-state index in [1.54, 1.807) is 0 Å². The van der Waals surface area contributed by atoms with Crippen LogP contribution >= 0.6 is 39.9 Å². The Morgan fingerprint density at radius 2 is 2.32 bits per heavy atom. The van der Waals surface area contributed by atoms with Gasteiger partial charge in [0.15, 0.2) is 5.96 Å². The van der Waals surface area contributed by atoms with Crippen LogP contribution < -0.4 is 5.32 Å². The van der Waals surface area contributed by atoms with Crippen LogP contribution in [0.2, 0.25) is 0 Å². The molecule has 1 fully saturated rings. The minimum atomic E-state index is 0. The number of rotatable bonds is 5. The van der Waals surface area contributed by atoms with Gasteiger partial charge in [0, 0.05) is 49.5 Å². The smallest absolute Gasteiger partial charge is 0.194 e. The van der Waals surface area contributed by atoms with Crippen molar-refractivity contribution in [2.75, 3.05) is 33.4 Å². The summed E-state index contributed by atoms with van der Waals surface area (Å²) in [5.74, 6) is 1.51. The second-order valence-corrected chi connectivity index (χ2v) is 7.04. The van der Waals surface area contributed by atoms with Crippen LogP contribution in [0.5, 0.6) is 0 Å². The molecule has 0 amide bonds. The Morgan fingerprint density at radius 1 is 1.48 bits per heavy atom. The van der Waals surface area contributed by atoms with Gasteiger partial charge in [-0.2, -0.15) is 0 Å². The Morgan fingerprint density at radius 3 is 3.04 bits per heavy atom. The molecule has 0 aromatic carbocycles. The van der Waals surface area contributed by atoms with E-state index in [2.05, 4.69) is 45.1 Å². The van der Waals surface area contributed by atoms with E-state index in [4.69, 9.17) is 9.73 Å². The minimum absolute atomic E-state index is 0. The van der Waals surface area contributed by atoms with E-state index in [0.29, 0.717) is 12.5 Å². The molecular formula is C17H25BrIN5O. The van der Waals surface area contributed by atoms with E-state index in [9.17, 15) is 0 Å². The third-order valence-electron chi connectivity index (χ3n) is 4.11. The van der Waals surface area contributed by atoms with Gasteiger partial charge in [-0.15, -0.1) is 24.0 Å². The molecule has 1 aliphatic heterocycles. The first kappa shape index (κ1) is 20.4. The van der Waals surface area contributed by atoms with Gasteiger partial charge in [-0.25, -0.2) is 9.98 Å². The molecule has 1 aliphatic rings. The Bertz CT molecular complexity index is 714. The van der Waals surface area contributed by atoms with Crippen LogP contribution in [-0.4, -0.2) is 53.6 Å². The number of fused-ring (bicyclic) bond motifs is 1. The van der Waals surface area contributed by atoms with Crippen LogP contribution in [0.1, 0.15) is 19.0 Å². The molecule has 0 saturated carbocycles. The lowest BCUT2D eigenvalue weighted by Crippen LogP contribution is -2.41. The van der Waals surface area contributed by atoms with Crippen molar-refractivity contribution in [2.45, 2.75) is 19.9 Å². The molecule has 3 rings (SSSR count). The summed E-state index contributed by atoms with van der Waals surface area (Å²) in [7, 11) is 2.08. The predicted molar refractivity (Wildman–Crippen MR) is 115 cm³/mol. The Kier molecular flexibility index (Phi) is 7.95. The molecule has 1 atom stereocenters. The van der Waals surface area contributed by atoms with Crippen molar-refractivity contribution in [3.05, 3.63) is 34.7 Å². The number of imidazole rings is 1. The van der Waals surface area contributed by atoms with E-state index >= 15 is 0 Å². The second-order valence-electron chi connectivity index (χ2n) is 6.13. The SMILES string of the molecule is CCNC(=NCc1cn2cc(Br)ccc2n1)N(C)CC1CCOC1.I. The second kappa shape index (κ2) is 9.72. The monoisotopic (exact) mass is 521 g/mol. The highest BCUT2D eigenvalue weighted by Crippen LogP contribution is 2.14. The van der Waals surface area contributed by atoms with Crippen molar-refractivity contribution in [1.82, 2.24) is 19.6 Å². The summed E-state index contributed by atoms with van der Waals surface area (Å²) in [5.41, 5.74) is 1.89. The molecule has 1 saturated heterocycles. The van der Waals surface area contributed by atoms with Crippen molar-refractivity contribution >= 4 is 51.5 Å². The molecule has 138 valence electrons. The van der Waals surface area contributed by atoms with Crippen LogP contribution in [0.3, 0.4) is 0 Å². The highest BCUT2D eigenvalue weighted by Gasteiger charge is 2.19. The Balaban J connectivity index is 0.00000225. The van der Waals surface area contributed by atoms with Gasteiger partial charge in [-0.1, -0.05) is 0 Å². The van der Waals surface area contributed by atoms with Crippen molar-refractivity contribution < 1.29 is 4.74 Å². The summed E-state index contributed by atoms with van der Waals surface area (Å²) in [4.78, 5) is 11.6. The van der Waals surface area contributed by atoms with E-state index in [1.807, 2.05) is 28.9 Å². The molecule has 1 N–H and O–H groups in total. The van der Waals surface area contributed by atoms with E-state index in [0.717, 1.165) is 54.5 Å². The molecule has 0 radical (unpaired) electrons. The third kappa shape index (κ3) is 5.55. The summed E-state index contributed by atoms with van der Waals surface area (Å²) in [5, 5.41) is 3.36. The van der Waals surface area contributed by atoms with Crippen LogP contribution in [0.25, 0.3) is 5.65 Å². The average molecular weight is 522 g/mol. The minimum Gasteiger partial charge on any atom is -0.381 e. The first-order chi connectivity index (χ1) is 11.7. The molecule has 0 spiro atoms. The lowest BCUT2D eigenvalue weighted by Gasteiger charge is -2.24. The molecule has 3 heterocycles. The standard InChI is InChI=1S/C17H24BrN5O.HI/c1-3-19-17(22(2)9-13-6-7-24-12-13)20-8-15-11-23-10-14(18)4-5-16(23)21-15;/h4-5,10-11,13H,3,6-9,12H2,1-2H3,(H,19,20);1H. The third-order valence-corrected chi connectivity index (χ3v) is 4.58. The molecule has 2 aromatic rings. The van der Waals surface area contributed by atoms with Gasteiger partial charge < -0.3 is 19.4 Å². The first-order valence-corrected chi connectivity index (χ1v) is 9.15. The highest BCUT2D eigenvalue weighted by atomic mass is 127. The Labute approximate surface area is 174 Å². The molecule has 0 aliphatic carbocycles. The molecule has 8 heteroatoms. The van der Waals surface area contributed by atoms with Gasteiger partial charge in [0.2, 0.25) is 0 Å². The number of pyridine rings is 1. The summed E-state index contributed by atoms with van der Waals surface area (Å²) >= 11 is 3.48. The molecule has 0 bridgehead atoms. The van der Waals surface area contributed by atoms with Crippen LogP contribution in [-0.2, 0) is 11.3 Å². The maximum absolute atomic E-state index is 5.47. The van der Waals surface area contributed by atoms with Gasteiger partial charge >= 0.3 is 0 Å². The number of hydrogen-bond acceptors (Lipinski definition) is 3. The van der Waals surface area contributed by atoms with Gasteiger partial charge in [0.1, 0.15) is 5.65 Å². The van der Waals surface area contributed by atoms with Crippen molar-refractivity contribution in [1.29, 1.82) is 0 Å². The topological polar surface area (TPSA) is 54.2 Å². The van der Waals surface area contributed by atoms with E-state index < -0.39 is 0 Å². The van der Waals surface area contributed by atoms with Crippen LogP contribution in [0.4, 0.5) is 0 Å². The summed E-state index contributed by atoms with van der Waals surface area (Å²) in [6, 6.07) is 3.99. The number of ether oxygens (including phenoxy) is 1. The number of nitrogens with one attached hydrogen (secondary N) is 1. The van der Waals surface area contributed by atoms with Gasteiger partial charge in [-0.05, 0) is 41.4 Å². The average Bonchev–Trinajstić information content (AvgIpc) is 3.20. The molecule has 6 nitrogen and oxygen atoms in total. The molecule has 25 heavy (non-hydrogen) atoms. The summed E-state index contributed by atoms with van der Waals surface area (Å²) in [6.45, 7) is 6.19. The maximum atomic E-state index is 5.47. The quantitative estimate of drug-likeness (QED) is 0.373. The zero-order chi connectivity index (χ0) is 16.9. The molecule has 2 aromatic heterocycles. The summed E-state index contributed by atoms with van der Waals surface area (Å²) in [6.07, 6.45) is 5.16. The maximum Gasteiger partial charge on any atom is 0.194 e. The fourth-order valence-corrected chi connectivity index (χ4v) is 3.27. The number of halogens is 2. The van der Waals surface area contributed by atoms with Gasteiger partial charge in [0.25, 0.3) is 0 Å². The fourth-order valence-electron chi connectivity index (χ4n) is 2.92. The largest absolute Gasteiger partial charge is 0.381 e. The summed E-state index contributed by atoms with van der Waals surface area (Å²) < 4.78 is 8.52. The highest BCUT2D eigenvalue weighted by molar-refractivity contribution is 14.0. The van der Waals surface area contributed by atoms with Crippen molar-refractivity contribution in [2.24, 2.45) is 10.9 Å². The number of aromatic nitrogens is 2. The lowest BCUT2D eigenvalue weighted by molar-refractivity contribution is 0.181. The number of aliphatic imine (C=N–C) groups is 1. The molecular weight excluding hydrogens is 497 g/mol. The zero-order valence-corrected chi connectivity index (χ0v) is 18.5. The number of guanidine groups is 1. The molecule has 1 unspecified atom stereocenters. The Hall–Kier alpha value is -0.870. The lowest BCUT2D eigenvalue weighted by atomic mass is 10.1. The first-order valence-electron chi connectivity index (χ1n) is 8.36. The van der Waals surface area contributed by atoms with E-state index in [1.165, 1.54) is 0 Å². The van der Waals surface area contributed by atoms with Crippen molar-refractivity contribution in [3.63, 3.8) is 0 Å². The fraction of sp³-hybridized carbons (Fsp3) is 0.529.